The lowest BCUT2D eigenvalue weighted by Gasteiger charge is -2.36. The van der Waals surface area contributed by atoms with E-state index in [-0.39, 0.29) is 17.2 Å². The molecule has 2 N–H and O–H groups in total. The van der Waals surface area contributed by atoms with Crippen molar-refractivity contribution in [2.24, 2.45) is 0 Å². The number of aryl methyl sites for hydroxylation is 2. The Morgan fingerprint density at radius 3 is 2.17 bits per heavy atom. The first-order valence-electron chi connectivity index (χ1n) is 14.0. The van der Waals surface area contributed by atoms with Crippen LogP contribution in [0.15, 0.2) is 83.8 Å². The molecule has 41 heavy (non-hydrogen) atoms. The number of alkyl halides is 1. The highest BCUT2D eigenvalue weighted by Gasteiger charge is 2.28. The van der Waals surface area contributed by atoms with E-state index in [1.165, 1.54) is 33.1 Å². The first-order chi connectivity index (χ1) is 19.5. The highest BCUT2D eigenvalue weighted by Crippen LogP contribution is 2.30. The maximum absolute atomic E-state index is 13.8. The molecule has 0 aliphatic rings. The van der Waals surface area contributed by atoms with Gasteiger partial charge in [0.05, 0.1) is 18.0 Å². The summed E-state index contributed by atoms with van der Waals surface area (Å²) in [7, 11) is -3.93. The molecule has 1 atom stereocenters. The van der Waals surface area contributed by atoms with Gasteiger partial charge >= 0.3 is 0 Å². The van der Waals surface area contributed by atoms with Crippen molar-refractivity contribution in [2.45, 2.75) is 51.6 Å². The Balaban J connectivity index is 1.53. The van der Waals surface area contributed by atoms with Crippen molar-refractivity contribution in [3.63, 3.8) is 0 Å². The van der Waals surface area contributed by atoms with Crippen molar-refractivity contribution >= 4 is 36.7 Å². The maximum Gasteiger partial charge on any atom is 0.243 e. The highest BCUT2D eigenvalue weighted by atomic mass is 79.9. The first-order valence-corrected chi connectivity index (χ1v) is 16.6. The van der Waals surface area contributed by atoms with Gasteiger partial charge in [0.25, 0.3) is 0 Å². The van der Waals surface area contributed by atoms with E-state index in [0.717, 1.165) is 58.4 Å². The number of nitrogens with zero attached hydrogens (tertiary/aromatic N) is 2. The third-order valence-electron chi connectivity index (χ3n) is 7.77. The van der Waals surface area contributed by atoms with Gasteiger partial charge in [-0.25, -0.2) is 8.42 Å². The molecule has 4 rings (SSSR count). The number of unbranched alkanes of at least 4 members (excludes halogenated alkanes) is 1. The average molecular weight is 641 g/mol. The molecule has 0 fully saturated rings. The minimum absolute atomic E-state index is 0.0393. The van der Waals surface area contributed by atoms with Gasteiger partial charge in [0.15, 0.2) is 11.5 Å². The normalized spacial score (nSPS) is 13.5. The lowest BCUT2D eigenvalue weighted by atomic mass is 10.1. The summed E-state index contributed by atoms with van der Waals surface area (Å²) in [6.07, 6.45) is 1.55. The van der Waals surface area contributed by atoms with E-state index >= 15 is 0 Å². The number of hydrogen-bond donors (Lipinski definition) is 2. The fourth-order valence-electron chi connectivity index (χ4n) is 5.46. The van der Waals surface area contributed by atoms with Crippen LogP contribution < -0.4 is 0 Å². The number of benzene rings is 4. The van der Waals surface area contributed by atoms with Gasteiger partial charge in [0.1, 0.15) is 12.0 Å². The fourth-order valence-corrected chi connectivity index (χ4v) is 7.73. The molecule has 0 aliphatic carbocycles. The number of hydrogen-bond acceptors (Lipinski definition) is 4. The van der Waals surface area contributed by atoms with Gasteiger partial charge in [0.2, 0.25) is 10.0 Å². The zero-order valence-corrected chi connectivity index (χ0v) is 26.5. The van der Waals surface area contributed by atoms with E-state index in [9.17, 15) is 18.6 Å². The predicted molar refractivity (Wildman–Crippen MR) is 170 cm³/mol. The summed E-state index contributed by atoms with van der Waals surface area (Å²) in [6.45, 7) is 9.81. The molecule has 0 heterocycles. The van der Waals surface area contributed by atoms with Crippen molar-refractivity contribution in [1.82, 2.24) is 4.31 Å². The molecule has 0 radical (unpaired) electrons. The summed E-state index contributed by atoms with van der Waals surface area (Å²) in [5.41, 5.74) is 5.56. The molecule has 0 saturated carbocycles. The lowest BCUT2D eigenvalue weighted by molar-refractivity contribution is -0.926. The molecule has 6 nitrogen and oxygen atoms in total. The monoisotopic (exact) mass is 639 g/mol. The van der Waals surface area contributed by atoms with Crippen LogP contribution in [-0.4, -0.2) is 52.5 Å². The second-order valence-corrected chi connectivity index (χ2v) is 13.5. The van der Waals surface area contributed by atoms with Crippen LogP contribution in [0.5, 0.6) is 11.5 Å². The van der Waals surface area contributed by atoms with Crippen LogP contribution in [-0.2, 0) is 23.1 Å². The van der Waals surface area contributed by atoms with Crippen LogP contribution in [0, 0.1) is 13.8 Å². The van der Waals surface area contributed by atoms with Crippen LogP contribution in [0.3, 0.4) is 0 Å². The molecule has 0 aromatic heterocycles. The molecule has 0 amide bonds. The highest BCUT2D eigenvalue weighted by molar-refractivity contribution is 9.09. The quantitative estimate of drug-likeness (QED) is 0.0532. The third kappa shape index (κ3) is 7.68. The SMILES string of the molecule is CC[N+](CBr)(CCCCN(Cc1ccc2ccccc2c1)S(=O)(=O)c1ccc(O)c(O)c1)Cc1cc(C)cc(C)c1. The van der Waals surface area contributed by atoms with E-state index in [4.69, 9.17) is 0 Å². The van der Waals surface area contributed by atoms with E-state index in [0.29, 0.717) is 13.0 Å². The summed E-state index contributed by atoms with van der Waals surface area (Å²) < 4.78 is 29.9. The number of phenols is 2. The summed E-state index contributed by atoms with van der Waals surface area (Å²) in [5, 5.41) is 21.9. The van der Waals surface area contributed by atoms with Gasteiger partial charge in [-0.05, 0) is 84.1 Å². The molecular weight excluding hydrogens is 600 g/mol. The average Bonchev–Trinajstić information content (AvgIpc) is 2.94. The molecule has 4 aromatic carbocycles. The molecule has 218 valence electrons. The Kier molecular flexibility index (Phi) is 10.1. The standard InChI is InChI=1S/C33H39BrN2O4S/c1-4-36(24-34,23-28-18-25(2)17-26(3)19-28)16-8-7-15-35(41(39,40)31-13-14-32(37)33(38)21-31)22-27-11-12-29-9-5-6-10-30(29)20-27/h5-6,9-14,17-21H,4,7-8,15-16,22-24H2,1-3H3,(H-,37,38)/p+1. The predicted octanol–water partition coefficient (Wildman–Crippen LogP) is 7.23. The van der Waals surface area contributed by atoms with Gasteiger partial charge in [0, 0.05) is 24.7 Å². The van der Waals surface area contributed by atoms with Crippen LogP contribution in [0.4, 0.5) is 0 Å². The smallest absolute Gasteiger partial charge is 0.243 e. The van der Waals surface area contributed by atoms with Crippen LogP contribution in [0.2, 0.25) is 0 Å². The zero-order chi connectivity index (χ0) is 29.6. The van der Waals surface area contributed by atoms with Crippen molar-refractivity contribution in [1.29, 1.82) is 0 Å². The van der Waals surface area contributed by atoms with Gasteiger partial charge in [-0.3, -0.25) is 0 Å². The number of aromatic hydroxyl groups is 2. The van der Waals surface area contributed by atoms with Crippen LogP contribution in [0.25, 0.3) is 10.8 Å². The maximum atomic E-state index is 13.8. The Morgan fingerprint density at radius 1 is 0.805 bits per heavy atom. The van der Waals surface area contributed by atoms with E-state index in [2.05, 4.69) is 54.9 Å². The van der Waals surface area contributed by atoms with Crippen molar-refractivity contribution in [2.75, 3.05) is 25.1 Å². The van der Waals surface area contributed by atoms with Gasteiger partial charge < -0.3 is 14.7 Å². The fraction of sp³-hybridized carbons (Fsp3) is 0.333. The van der Waals surface area contributed by atoms with E-state index in [1.807, 2.05) is 42.5 Å². The number of quaternary nitrogens is 1. The zero-order valence-electron chi connectivity index (χ0n) is 24.1. The summed E-state index contributed by atoms with van der Waals surface area (Å²) in [4.78, 5) is -0.0393. The molecule has 4 aromatic rings. The second kappa shape index (κ2) is 13.4. The summed E-state index contributed by atoms with van der Waals surface area (Å²) in [6, 6.07) is 24.4. The molecule has 1 unspecified atom stereocenters. The summed E-state index contributed by atoms with van der Waals surface area (Å²) >= 11 is 3.77. The number of fused-ring (bicyclic) bond motifs is 1. The summed E-state index contributed by atoms with van der Waals surface area (Å²) in [5.74, 6) is -0.803. The minimum atomic E-state index is -3.93. The Labute approximate surface area is 252 Å². The molecule has 0 bridgehead atoms. The van der Waals surface area contributed by atoms with Gasteiger partial charge in [-0.2, -0.15) is 4.31 Å². The first kappa shape index (κ1) is 31.0. The largest absolute Gasteiger partial charge is 0.504 e. The van der Waals surface area contributed by atoms with Crippen LogP contribution in [0.1, 0.15) is 42.0 Å². The topological polar surface area (TPSA) is 77.8 Å². The Hall–Kier alpha value is -2.91. The van der Waals surface area contributed by atoms with E-state index < -0.39 is 15.8 Å². The van der Waals surface area contributed by atoms with E-state index in [1.54, 1.807) is 0 Å². The Morgan fingerprint density at radius 2 is 1.51 bits per heavy atom. The van der Waals surface area contributed by atoms with Gasteiger partial charge in [-0.15, -0.1) is 0 Å². The number of rotatable bonds is 13. The van der Waals surface area contributed by atoms with Gasteiger partial charge in [-0.1, -0.05) is 65.7 Å². The molecular formula is C33H40BrN2O4S+. The molecule has 0 saturated heterocycles. The lowest BCUT2D eigenvalue weighted by Crippen LogP contribution is -2.47. The third-order valence-corrected chi connectivity index (χ3v) is 10.7. The van der Waals surface area contributed by atoms with Crippen molar-refractivity contribution in [3.8, 4) is 11.5 Å². The molecule has 0 aliphatic heterocycles. The number of halogens is 1. The molecule has 0 spiro atoms. The minimum Gasteiger partial charge on any atom is -0.504 e. The van der Waals surface area contributed by atoms with Crippen molar-refractivity contribution in [3.05, 3.63) is 101 Å². The Bertz CT molecular complexity index is 1580. The second-order valence-electron chi connectivity index (χ2n) is 11.0. The van der Waals surface area contributed by atoms with Crippen molar-refractivity contribution < 1.29 is 23.1 Å². The number of sulfonamides is 1. The van der Waals surface area contributed by atoms with Crippen LogP contribution >= 0.6 is 15.9 Å². The molecule has 8 heteroatoms. The number of phenolic OH excluding ortho intramolecular Hbond substituents is 2.